The Kier molecular flexibility index (Phi) is 4.98. The van der Waals surface area contributed by atoms with Gasteiger partial charge < -0.3 is 4.74 Å². The highest BCUT2D eigenvalue weighted by atomic mass is 16.5. The Morgan fingerprint density at radius 3 is 2.41 bits per heavy atom. The maximum absolute atomic E-state index is 11.8. The van der Waals surface area contributed by atoms with Gasteiger partial charge in [0, 0.05) is 13.1 Å². The van der Waals surface area contributed by atoms with Gasteiger partial charge in [0.25, 0.3) is 5.91 Å². The second kappa shape index (κ2) is 7.12. The lowest BCUT2D eigenvalue weighted by Crippen LogP contribution is -2.20. The van der Waals surface area contributed by atoms with Crippen molar-refractivity contribution in [2.75, 3.05) is 0 Å². The normalized spacial score (nSPS) is 10.9. The van der Waals surface area contributed by atoms with Crippen LogP contribution in [0.1, 0.15) is 29.9 Å². The number of hydrazone groups is 1. The SMILES string of the molecule is CC(=O)Oc1ccc(C(C)=NNC(=O)c2ccccn2)cc1. The molecule has 6 heteroatoms. The van der Waals surface area contributed by atoms with Crippen LogP contribution in [0.4, 0.5) is 0 Å². The van der Waals surface area contributed by atoms with Crippen molar-refractivity contribution < 1.29 is 14.3 Å². The molecule has 0 aliphatic rings. The second-order valence-corrected chi connectivity index (χ2v) is 4.47. The van der Waals surface area contributed by atoms with Crippen LogP contribution >= 0.6 is 0 Å². The number of nitrogens with zero attached hydrogens (tertiary/aromatic N) is 2. The summed E-state index contributed by atoms with van der Waals surface area (Å²) in [7, 11) is 0. The van der Waals surface area contributed by atoms with Crippen molar-refractivity contribution in [3.63, 3.8) is 0 Å². The number of pyridine rings is 1. The molecule has 0 bridgehead atoms. The number of benzene rings is 1. The maximum atomic E-state index is 11.8. The van der Waals surface area contributed by atoms with E-state index in [-0.39, 0.29) is 11.9 Å². The number of esters is 1. The lowest BCUT2D eigenvalue weighted by Gasteiger charge is -2.04. The molecule has 2 aromatic rings. The molecule has 0 aliphatic carbocycles. The number of aromatic nitrogens is 1. The minimum absolute atomic E-state index is 0.296. The van der Waals surface area contributed by atoms with Gasteiger partial charge in [-0.05, 0) is 48.9 Å². The molecule has 0 unspecified atom stereocenters. The molecule has 2 rings (SSSR count). The van der Waals surface area contributed by atoms with E-state index in [4.69, 9.17) is 4.74 Å². The molecular weight excluding hydrogens is 282 g/mol. The number of rotatable bonds is 4. The molecule has 6 nitrogen and oxygen atoms in total. The topological polar surface area (TPSA) is 80.6 Å². The fourth-order valence-corrected chi connectivity index (χ4v) is 1.68. The predicted molar refractivity (Wildman–Crippen MR) is 81.7 cm³/mol. The van der Waals surface area contributed by atoms with Crippen molar-refractivity contribution in [3.8, 4) is 5.75 Å². The third-order valence-electron chi connectivity index (χ3n) is 2.76. The summed E-state index contributed by atoms with van der Waals surface area (Å²) in [6.45, 7) is 3.10. The Hall–Kier alpha value is -3.02. The molecule has 0 saturated carbocycles. The number of ether oxygens (including phenoxy) is 1. The van der Waals surface area contributed by atoms with Gasteiger partial charge in [-0.3, -0.25) is 14.6 Å². The summed E-state index contributed by atoms with van der Waals surface area (Å²) in [6.07, 6.45) is 1.54. The van der Waals surface area contributed by atoms with Crippen LogP contribution < -0.4 is 10.2 Å². The fourth-order valence-electron chi connectivity index (χ4n) is 1.68. The lowest BCUT2D eigenvalue weighted by molar-refractivity contribution is -0.131. The molecule has 1 aromatic carbocycles. The molecule has 0 atom stereocenters. The summed E-state index contributed by atoms with van der Waals surface area (Å²) in [6, 6.07) is 11.9. The first-order valence-electron chi connectivity index (χ1n) is 6.61. The zero-order chi connectivity index (χ0) is 15.9. The molecule has 1 amide bonds. The van der Waals surface area contributed by atoms with Crippen LogP contribution in [0.5, 0.6) is 5.75 Å². The van der Waals surface area contributed by atoms with Gasteiger partial charge in [-0.15, -0.1) is 0 Å². The minimum atomic E-state index is -0.378. The summed E-state index contributed by atoms with van der Waals surface area (Å²) in [5.41, 5.74) is 4.17. The molecule has 1 N–H and O–H groups in total. The van der Waals surface area contributed by atoms with Crippen molar-refractivity contribution in [3.05, 3.63) is 59.9 Å². The smallest absolute Gasteiger partial charge is 0.308 e. The van der Waals surface area contributed by atoms with Gasteiger partial charge in [0.05, 0.1) is 5.71 Å². The molecule has 1 heterocycles. The van der Waals surface area contributed by atoms with Crippen molar-refractivity contribution in [2.45, 2.75) is 13.8 Å². The zero-order valence-corrected chi connectivity index (χ0v) is 12.2. The van der Waals surface area contributed by atoms with Gasteiger partial charge in [0.2, 0.25) is 0 Å². The van der Waals surface area contributed by atoms with E-state index in [0.717, 1.165) is 5.56 Å². The molecule has 0 saturated heterocycles. The van der Waals surface area contributed by atoms with E-state index in [1.807, 2.05) is 0 Å². The molecule has 22 heavy (non-hydrogen) atoms. The number of hydrogen-bond acceptors (Lipinski definition) is 5. The summed E-state index contributed by atoms with van der Waals surface area (Å²) < 4.78 is 4.95. The first-order valence-corrected chi connectivity index (χ1v) is 6.61. The quantitative estimate of drug-likeness (QED) is 0.406. The van der Waals surface area contributed by atoms with Gasteiger partial charge >= 0.3 is 5.97 Å². The summed E-state index contributed by atoms with van der Waals surface area (Å²) in [4.78, 5) is 26.6. The molecule has 1 aromatic heterocycles. The third kappa shape index (κ3) is 4.24. The van der Waals surface area contributed by atoms with Crippen LogP contribution in [0.15, 0.2) is 53.8 Å². The molecule has 0 aliphatic heterocycles. The van der Waals surface area contributed by atoms with Gasteiger partial charge in [0.1, 0.15) is 11.4 Å². The molecule has 0 spiro atoms. The highest BCUT2D eigenvalue weighted by molar-refractivity contribution is 6.00. The Morgan fingerprint density at radius 2 is 1.82 bits per heavy atom. The van der Waals surface area contributed by atoms with Gasteiger partial charge in [-0.25, -0.2) is 5.43 Å². The van der Waals surface area contributed by atoms with E-state index in [0.29, 0.717) is 17.2 Å². The van der Waals surface area contributed by atoms with Crippen LogP contribution in [-0.2, 0) is 4.79 Å². The van der Waals surface area contributed by atoms with Crippen molar-refractivity contribution in [1.82, 2.24) is 10.4 Å². The maximum Gasteiger partial charge on any atom is 0.308 e. The molecular formula is C16H15N3O3. The van der Waals surface area contributed by atoms with Crippen molar-refractivity contribution >= 4 is 17.6 Å². The van der Waals surface area contributed by atoms with Crippen LogP contribution in [0.2, 0.25) is 0 Å². The molecule has 0 fully saturated rings. The highest BCUT2D eigenvalue weighted by Gasteiger charge is 2.05. The van der Waals surface area contributed by atoms with Crippen LogP contribution in [0.3, 0.4) is 0 Å². The third-order valence-corrected chi connectivity index (χ3v) is 2.76. The van der Waals surface area contributed by atoms with Crippen LogP contribution in [0.25, 0.3) is 0 Å². The van der Waals surface area contributed by atoms with Gasteiger partial charge in [0.15, 0.2) is 0 Å². The fraction of sp³-hybridized carbons (Fsp3) is 0.125. The number of nitrogens with one attached hydrogen (secondary N) is 1. The Balaban J connectivity index is 2.03. The van der Waals surface area contributed by atoms with E-state index in [2.05, 4.69) is 15.5 Å². The van der Waals surface area contributed by atoms with Crippen molar-refractivity contribution in [2.24, 2.45) is 5.10 Å². The lowest BCUT2D eigenvalue weighted by atomic mass is 10.1. The van der Waals surface area contributed by atoms with Gasteiger partial charge in [-0.2, -0.15) is 5.10 Å². The predicted octanol–water partition coefficient (Wildman–Crippen LogP) is 2.16. The Bertz CT molecular complexity index is 694. The number of carbonyl (C=O) groups is 2. The number of hydrogen-bond donors (Lipinski definition) is 1. The molecule has 0 radical (unpaired) electrons. The monoisotopic (exact) mass is 297 g/mol. The summed E-state index contributed by atoms with van der Waals surface area (Å²) in [5, 5.41) is 4.03. The van der Waals surface area contributed by atoms with Crippen LogP contribution in [-0.4, -0.2) is 22.6 Å². The number of amides is 1. The minimum Gasteiger partial charge on any atom is -0.427 e. The summed E-state index contributed by atoms with van der Waals surface area (Å²) in [5.74, 6) is -0.293. The summed E-state index contributed by atoms with van der Waals surface area (Å²) >= 11 is 0. The average Bonchev–Trinajstić information content (AvgIpc) is 2.53. The standard InChI is InChI=1S/C16H15N3O3/c1-11(13-6-8-14(9-7-13)22-12(2)20)18-19-16(21)15-5-3-4-10-17-15/h3-10H,1-2H3,(H,19,21). The largest absolute Gasteiger partial charge is 0.427 e. The van der Waals surface area contributed by atoms with E-state index >= 15 is 0 Å². The average molecular weight is 297 g/mol. The van der Waals surface area contributed by atoms with Crippen LogP contribution in [0, 0.1) is 0 Å². The van der Waals surface area contributed by atoms with E-state index < -0.39 is 0 Å². The Labute approximate surface area is 127 Å². The zero-order valence-electron chi connectivity index (χ0n) is 12.2. The van der Waals surface area contributed by atoms with E-state index in [9.17, 15) is 9.59 Å². The number of carbonyl (C=O) groups excluding carboxylic acids is 2. The first kappa shape index (κ1) is 15.4. The van der Waals surface area contributed by atoms with E-state index in [1.54, 1.807) is 55.6 Å². The Morgan fingerprint density at radius 1 is 1.09 bits per heavy atom. The van der Waals surface area contributed by atoms with Gasteiger partial charge in [-0.1, -0.05) is 6.07 Å². The first-order chi connectivity index (χ1) is 10.6. The highest BCUT2D eigenvalue weighted by Crippen LogP contribution is 2.13. The molecule has 112 valence electrons. The second-order valence-electron chi connectivity index (χ2n) is 4.47. The van der Waals surface area contributed by atoms with E-state index in [1.165, 1.54) is 6.92 Å². The van der Waals surface area contributed by atoms with Crippen molar-refractivity contribution in [1.29, 1.82) is 0 Å².